The molecule has 4 nitrogen and oxygen atoms in total. The van der Waals surface area contributed by atoms with Crippen molar-refractivity contribution < 1.29 is 19.8 Å². The number of hydrogen-bond acceptors (Lipinski definition) is 3. The summed E-state index contributed by atoms with van der Waals surface area (Å²) in [5, 5.41) is 0. The Morgan fingerprint density at radius 3 is 1.33 bits per heavy atom. The molecule has 2 rings (SSSR count). The summed E-state index contributed by atoms with van der Waals surface area (Å²) in [6, 6.07) is 16.8. The smallest absolute Gasteiger partial charge is 0.346 e. The number of benzene rings is 2. The summed E-state index contributed by atoms with van der Waals surface area (Å²) in [4.78, 5) is 23.2. The molecule has 0 bridgehead atoms. The molecule has 0 amide bonds. The van der Waals surface area contributed by atoms with Crippen molar-refractivity contribution in [3.63, 3.8) is 0 Å². The predicted octanol–water partition coefficient (Wildman–Crippen LogP) is 1.86. The SMILES string of the molecule is O.O=C(OC(=O)c1ccccc1)c1ccccc1. The molecule has 0 atom stereocenters. The molecule has 0 aliphatic carbocycles. The second-order valence-corrected chi connectivity index (χ2v) is 3.41. The summed E-state index contributed by atoms with van der Waals surface area (Å²) in [7, 11) is 0. The van der Waals surface area contributed by atoms with E-state index in [1.807, 2.05) is 0 Å². The van der Waals surface area contributed by atoms with E-state index in [1.165, 1.54) is 0 Å². The second-order valence-electron chi connectivity index (χ2n) is 3.41. The van der Waals surface area contributed by atoms with Crippen LogP contribution in [-0.4, -0.2) is 17.4 Å². The van der Waals surface area contributed by atoms with Gasteiger partial charge in [-0.2, -0.15) is 0 Å². The Bertz CT molecular complexity index is 471. The molecule has 0 unspecified atom stereocenters. The Labute approximate surface area is 104 Å². The Morgan fingerprint density at radius 1 is 0.667 bits per heavy atom. The van der Waals surface area contributed by atoms with Crippen molar-refractivity contribution in [1.82, 2.24) is 0 Å². The summed E-state index contributed by atoms with van der Waals surface area (Å²) in [5.41, 5.74) is 0.716. The third kappa shape index (κ3) is 3.26. The van der Waals surface area contributed by atoms with Crippen LogP contribution in [0.4, 0.5) is 0 Å². The van der Waals surface area contributed by atoms with Gasteiger partial charge in [-0.05, 0) is 24.3 Å². The van der Waals surface area contributed by atoms with E-state index < -0.39 is 11.9 Å². The first-order chi connectivity index (χ1) is 8.27. The third-order valence-corrected chi connectivity index (χ3v) is 2.20. The average molecular weight is 244 g/mol. The van der Waals surface area contributed by atoms with Crippen molar-refractivity contribution >= 4 is 11.9 Å². The van der Waals surface area contributed by atoms with Crippen molar-refractivity contribution in [3.8, 4) is 0 Å². The monoisotopic (exact) mass is 244 g/mol. The predicted molar refractivity (Wildman–Crippen MR) is 66.2 cm³/mol. The van der Waals surface area contributed by atoms with Gasteiger partial charge in [0.1, 0.15) is 0 Å². The van der Waals surface area contributed by atoms with Gasteiger partial charge >= 0.3 is 11.9 Å². The van der Waals surface area contributed by atoms with Gasteiger partial charge in [0.25, 0.3) is 0 Å². The molecular weight excluding hydrogens is 232 g/mol. The molecular formula is C14H12O4. The highest BCUT2D eigenvalue weighted by molar-refractivity contribution is 6.02. The first kappa shape index (κ1) is 13.6. The first-order valence-electron chi connectivity index (χ1n) is 5.14. The number of carbonyl (C=O) groups excluding carboxylic acids is 2. The number of carbonyl (C=O) groups is 2. The number of esters is 2. The Balaban J connectivity index is 0.00000162. The highest BCUT2D eigenvalue weighted by Gasteiger charge is 2.13. The molecule has 0 radical (unpaired) electrons. The Morgan fingerprint density at radius 2 is 1.00 bits per heavy atom. The van der Waals surface area contributed by atoms with E-state index in [9.17, 15) is 9.59 Å². The van der Waals surface area contributed by atoms with E-state index in [-0.39, 0.29) is 5.48 Å². The Hall–Kier alpha value is -2.46. The molecule has 18 heavy (non-hydrogen) atoms. The van der Waals surface area contributed by atoms with E-state index >= 15 is 0 Å². The van der Waals surface area contributed by atoms with Crippen LogP contribution < -0.4 is 0 Å². The van der Waals surface area contributed by atoms with Crippen LogP contribution in [0.15, 0.2) is 60.7 Å². The molecule has 0 aromatic heterocycles. The zero-order valence-corrected chi connectivity index (χ0v) is 9.50. The lowest BCUT2D eigenvalue weighted by Gasteiger charge is -2.02. The van der Waals surface area contributed by atoms with Crippen LogP contribution in [0.5, 0.6) is 0 Å². The molecule has 2 aromatic rings. The topological polar surface area (TPSA) is 74.9 Å². The third-order valence-electron chi connectivity index (χ3n) is 2.20. The van der Waals surface area contributed by atoms with Crippen molar-refractivity contribution in [2.24, 2.45) is 0 Å². The quantitative estimate of drug-likeness (QED) is 0.597. The van der Waals surface area contributed by atoms with Crippen LogP contribution in [-0.2, 0) is 4.74 Å². The molecule has 2 N–H and O–H groups in total. The van der Waals surface area contributed by atoms with Gasteiger partial charge in [0.15, 0.2) is 0 Å². The van der Waals surface area contributed by atoms with Crippen LogP contribution in [0, 0.1) is 0 Å². The van der Waals surface area contributed by atoms with Gasteiger partial charge in [0.05, 0.1) is 11.1 Å². The second kappa shape index (κ2) is 6.32. The minimum Gasteiger partial charge on any atom is -0.412 e. The largest absolute Gasteiger partial charge is 0.412 e. The van der Waals surface area contributed by atoms with E-state index in [4.69, 9.17) is 4.74 Å². The lowest BCUT2D eigenvalue weighted by atomic mass is 10.2. The molecule has 0 spiro atoms. The maximum absolute atomic E-state index is 11.6. The fourth-order valence-corrected chi connectivity index (χ4v) is 1.35. The van der Waals surface area contributed by atoms with Crippen LogP contribution in [0.2, 0.25) is 0 Å². The molecule has 2 aromatic carbocycles. The molecule has 0 aliphatic heterocycles. The van der Waals surface area contributed by atoms with E-state index in [0.29, 0.717) is 11.1 Å². The molecule has 0 saturated carbocycles. The lowest BCUT2D eigenvalue weighted by molar-refractivity contribution is 0.0398. The maximum Gasteiger partial charge on any atom is 0.346 e. The van der Waals surface area contributed by atoms with Crippen LogP contribution in [0.3, 0.4) is 0 Å². The number of rotatable bonds is 2. The normalized spacial score (nSPS) is 9.11. The van der Waals surface area contributed by atoms with Crippen molar-refractivity contribution in [2.45, 2.75) is 0 Å². The lowest BCUT2D eigenvalue weighted by Crippen LogP contribution is -2.12. The van der Waals surface area contributed by atoms with Gasteiger partial charge < -0.3 is 10.2 Å². The zero-order chi connectivity index (χ0) is 12.1. The standard InChI is InChI=1S/C14H10O3.H2O/c15-13(11-7-3-1-4-8-11)17-14(16)12-9-5-2-6-10-12;/h1-10H;1H2. The highest BCUT2D eigenvalue weighted by atomic mass is 16.6. The molecule has 0 aliphatic rings. The van der Waals surface area contributed by atoms with Gasteiger partial charge in [-0.1, -0.05) is 36.4 Å². The number of ether oxygens (including phenoxy) is 1. The van der Waals surface area contributed by atoms with Crippen molar-refractivity contribution in [2.75, 3.05) is 0 Å². The van der Waals surface area contributed by atoms with Gasteiger partial charge in [-0.25, -0.2) is 9.59 Å². The van der Waals surface area contributed by atoms with Gasteiger partial charge in [-0.15, -0.1) is 0 Å². The summed E-state index contributed by atoms with van der Waals surface area (Å²) >= 11 is 0. The Kier molecular flexibility index (Phi) is 4.78. The summed E-state index contributed by atoms with van der Waals surface area (Å²) in [5.74, 6) is -1.28. The summed E-state index contributed by atoms with van der Waals surface area (Å²) in [6.07, 6.45) is 0. The molecule has 0 fully saturated rings. The van der Waals surface area contributed by atoms with Crippen molar-refractivity contribution in [3.05, 3.63) is 71.8 Å². The van der Waals surface area contributed by atoms with E-state index in [0.717, 1.165) is 0 Å². The van der Waals surface area contributed by atoms with Gasteiger partial charge in [-0.3, -0.25) is 0 Å². The number of hydrogen-bond donors (Lipinski definition) is 0. The molecule has 92 valence electrons. The molecule has 0 saturated heterocycles. The zero-order valence-electron chi connectivity index (χ0n) is 9.50. The van der Waals surface area contributed by atoms with E-state index in [2.05, 4.69) is 0 Å². The minimum absolute atomic E-state index is 0. The van der Waals surface area contributed by atoms with Crippen LogP contribution >= 0.6 is 0 Å². The van der Waals surface area contributed by atoms with Gasteiger partial charge in [0.2, 0.25) is 0 Å². The first-order valence-corrected chi connectivity index (χ1v) is 5.14. The molecule has 4 heteroatoms. The average Bonchev–Trinajstić information content (AvgIpc) is 2.40. The molecule has 0 heterocycles. The van der Waals surface area contributed by atoms with Crippen LogP contribution in [0.1, 0.15) is 20.7 Å². The fourth-order valence-electron chi connectivity index (χ4n) is 1.35. The minimum atomic E-state index is -0.639. The van der Waals surface area contributed by atoms with Crippen molar-refractivity contribution in [1.29, 1.82) is 0 Å². The highest BCUT2D eigenvalue weighted by Crippen LogP contribution is 2.05. The van der Waals surface area contributed by atoms with Gasteiger partial charge in [0, 0.05) is 0 Å². The maximum atomic E-state index is 11.6. The fraction of sp³-hybridized carbons (Fsp3) is 0. The van der Waals surface area contributed by atoms with E-state index in [1.54, 1.807) is 60.7 Å². The van der Waals surface area contributed by atoms with Crippen LogP contribution in [0.25, 0.3) is 0 Å². The summed E-state index contributed by atoms with van der Waals surface area (Å²) in [6.45, 7) is 0. The summed E-state index contributed by atoms with van der Waals surface area (Å²) < 4.78 is 4.74.